The van der Waals surface area contributed by atoms with Crippen LogP contribution in [0.4, 0.5) is 0 Å². The van der Waals surface area contributed by atoms with Crippen molar-refractivity contribution >= 4 is 0 Å². The standard InChI is InChI=1S/C23H49N3/c1-3-4-5-6-7-8-9-12-17-24-18-13-10-14-19-25(2)22-23-26-20-15-11-16-21-26/h24H,3-23H2,1-2H3. The molecule has 1 N–H and O–H groups in total. The first kappa shape index (κ1) is 23.9. The van der Waals surface area contributed by atoms with Gasteiger partial charge in [0.05, 0.1) is 0 Å². The predicted octanol–water partition coefficient (Wildman–Crippen LogP) is 5.30. The van der Waals surface area contributed by atoms with Gasteiger partial charge in [0.25, 0.3) is 0 Å². The Hall–Kier alpha value is -0.120. The first-order valence-electron chi connectivity index (χ1n) is 11.9. The van der Waals surface area contributed by atoms with E-state index in [-0.39, 0.29) is 0 Å². The molecule has 0 saturated carbocycles. The maximum Gasteiger partial charge on any atom is 0.0109 e. The number of piperidine rings is 1. The van der Waals surface area contributed by atoms with E-state index >= 15 is 0 Å². The summed E-state index contributed by atoms with van der Waals surface area (Å²) in [7, 11) is 2.30. The smallest absolute Gasteiger partial charge is 0.0109 e. The number of likely N-dealkylation sites (tertiary alicyclic amines) is 1. The second-order valence-corrected chi connectivity index (χ2v) is 8.49. The van der Waals surface area contributed by atoms with Gasteiger partial charge in [-0.25, -0.2) is 0 Å². The van der Waals surface area contributed by atoms with Crippen molar-refractivity contribution in [2.24, 2.45) is 0 Å². The molecule has 0 aliphatic carbocycles. The summed E-state index contributed by atoms with van der Waals surface area (Å²) >= 11 is 0. The lowest BCUT2D eigenvalue weighted by Crippen LogP contribution is -2.36. The maximum absolute atomic E-state index is 3.63. The molecule has 1 rings (SSSR count). The molecule has 1 fully saturated rings. The van der Waals surface area contributed by atoms with Crippen LogP contribution in [0.2, 0.25) is 0 Å². The van der Waals surface area contributed by atoms with Gasteiger partial charge in [-0.15, -0.1) is 0 Å². The number of hydrogen-bond donors (Lipinski definition) is 1. The van der Waals surface area contributed by atoms with Crippen LogP contribution in [0.25, 0.3) is 0 Å². The van der Waals surface area contributed by atoms with Crippen molar-refractivity contribution < 1.29 is 0 Å². The fourth-order valence-electron chi connectivity index (χ4n) is 3.92. The van der Waals surface area contributed by atoms with Crippen LogP contribution in [-0.4, -0.2) is 62.7 Å². The van der Waals surface area contributed by atoms with E-state index in [0.717, 1.165) is 0 Å². The zero-order valence-corrected chi connectivity index (χ0v) is 18.2. The van der Waals surface area contributed by atoms with Gasteiger partial charge in [-0.05, 0) is 71.9 Å². The van der Waals surface area contributed by atoms with E-state index < -0.39 is 0 Å². The molecule has 0 spiro atoms. The highest BCUT2D eigenvalue weighted by molar-refractivity contribution is 4.66. The van der Waals surface area contributed by atoms with Crippen molar-refractivity contribution in [3.8, 4) is 0 Å². The Labute approximate surface area is 165 Å². The minimum Gasteiger partial charge on any atom is -0.317 e. The zero-order chi connectivity index (χ0) is 18.7. The van der Waals surface area contributed by atoms with Gasteiger partial charge in [0, 0.05) is 13.1 Å². The number of hydrogen-bond acceptors (Lipinski definition) is 3. The molecule has 0 bridgehead atoms. The molecule has 0 aromatic heterocycles. The Morgan fingerprint density at radius 1 is 0.692 bits per heavy atom. The van der Waals surface area contributed by atoms with Crippen LogP contribution >= 0.6 is 0 Å². The van der Waals surface area contributed by atoms with E-state index in [1.165, 1.54) is 136 Å². The summed E-state index contributed by atoms with van der Waals surface area (Å²) in [4.78, 5) is 5.18. The van der Waals surface area contributed by atoms with Crippen LogP contribution in [0.1, 0.15) is 96.8 Å². The van der Waals surface area contributed by atoms with Gasteiger partial charge in [0.1, 0.15) is 0 Å². The number of unbranched alkanes of at least 4 members (excludes halogenated alkanes) is 9. The van der Waals surface area contributed by atoms with Gasteiger partial charge in [-0.1, -0.05) is 64.7 Å². The molecule has 26 heavy (non-hydrogen) atoms. The molecule has 3 nitrogen and oxygen atoms in total. The van der Waals surface area contributed by atoms with E-state index in [0.29, 0.717) is 0 Å². The van der Waals surface area contributed by atoms with Crippen molar-refractivity contribution in [1.82, 2.24) is 15.1 Å². The summed E-state index contributed by atoms with van der Waals surface area (Å²) in [5.74, 6) is 0. The Kier molecular flexibility index (Phi) is 16.8. The van der Waals surface area contributed by atoms with Crippen molar-refractivity contribution in [3.63, 3.8) is 0 Å². The summed E-state index contributed by atoms with van der Waals surface area (Å²) in [6.07, 6.45) is 19.7. The van der Waals surface area contributed by atoms with E-state index in [1.807, 2.05) is 0 Å². The maximum atomic E-state index is 3.63. The van der Waals surface area contributed by atoms with Crippen LogP contribution in [0, 0.1) is 0 Å². The van der Waals surface area contributed by atoms with Gasteiger partial charge in [0.15, 0.2) is 0 Å². The number of rotatable bonds is 18. The van der Waals surface area contributed by atoms with Crippen LogP contribution < -0.4 is 5.32 Å². The van der Waals surface area contributed by atoms with E-state index in [2.05, 4.69) is 29.1 Å². The molecule has 0 unspecified atom stereocenters. The predicted molar refractivity (Wildman–Crippen MR) is 117 cm³/mol. The van der Waals surface area contributed by atoms with Gasteiger partial charge >= 0.3 is 0 Å². The van der Waals surface area contributed by atoms with Crippen molar-refractivity contribution in [1.29, 1.82) is 0 Å². The molecule has 0 atom stereocenters. The van der Waals surface area contributed by atoms with Gasteiger partial charge < -0.3 is 15.1 Å². The Bertz CT molecular complexity index is 277. The molecule has 1 heterocycles. The minimum atomic E-state index is 1.22. The normalized spacial score (nSPS) is 15.8. The van der Waals surface area contributed by atoms with Gasteiger partial charge in [0.2, 0.25) is 0 Å². The molecule has 156 valence electrons. The average Bonchev–Trinajstić information content (AvgIpc) is 2.67. The average molecular weight is 368 g/mol. The highest BCUT2D eigenvalue weighted by atomic mass is 15.2. The fourth-order valence-corrected chi connectivity index (χ4v) is 3.92. The SMILES string of the molecule is CCCCCCCCCCNCCCCCN(C)CCN1CCCCC1. The lowest BCUT2D eigenvalue weighted by atomic mass is 10.1. The Balaban J connectivity index is 1.73. The van der Waals surface area contributed by atoms with E-state index in [4.69, 9.17) is 0 Å². The Morgan fingerprint density at radius 2 is 1.27 bits per heavy atom. The quantitative estimate of drug-likeness (QED) is 0.331. The third kappa shape index (κ3) is 15.0. The second kappa shape index (κ2) is 18.3. The molecular formula is C23H49N3. The molecule has 1 aliphatic rings. The van der Waals surface area contributed by atoms with E-state index in [9.17, 15) is 0 Å². The number of nitrogens with zero attached hydrogens (tertiary/aromatic N) is 2. The van der Waals surface area contributed by atoms with Crippen LogP contribution in [0.15, 0.2) is 0 Å². The van der Waals surface area contributed by atoms with Crippen molar-refractivity contribution in [2.75, 3.05) is 52.9 Å². The highest BCUT2D eigenvalue weighted by Gasteiger charge is 2.10. The third-order valence-electron chi connectivity index (χ3n) is 5.85. The van der Waals surface area contributed by atoms with Crippen LogP contribution in [0.3, 0.4) is 0 Å². The lowest BCUT2D eigenvalue weighted by molar-refractivity contribution is 0.195. The van der Waals surface area contributed by atoms with Crippen LogP contribution in [-0.2, 0) is 0 Å². The van der Waals surface area contributed by atoms with Crippen molar-refractivity contribution in [3.05, 3.63) is 0 Å². The van der Waals surface area contributed by atoms with Crippen molar-refractivity contribution in [2.45, 2.75) is 96.8 Å². The summed E-state index contributed by atoms with van der Waals surface area (Å²) in [6.45, 7) is 11.2. The summed E-state index contributed by atoms with van der Waals surface area (Å²) in [5, 5.41) is 3.63. The van der Waals surface area contributed by atoms with Crippen LogP contribution in [0.5, 0.6) is 0 Å². The largest absolute Gasteiger partial charge is 0.317 e. The summed E-state index contributed by atoms with van der Waals surface area (Å²) in [5.41, 5.74) is 0. The molecule has 0 amide bonds. The number of nitrogens with one attached hydrogen (secondary N) is 1. The first-order chi connectivity index (χ1) is 12.8. The number of likely N-dealkylation sites (N-methyl/N-ethyl adjacent to an activating group) is 1. The summed E-state index contributed by atoms with van der Waals surface area (Å²) in [6, 6.07) is 0. The monoisotopic (exact) mass is 367 g/mol. The zero-order valence-electron chi connectivity index (χ0n) is 18.2. The minimum absolute atomic E-state index is 1.22. The molecule has 3 heteroatoms. The topological polar surface area (TPSA) is 18.5 Å². The summed E-state index contributed by atoms with van der Waals surface area (Å²) < 4.78 is 0. The molecule has 1 aliphatic heterocycles. The first-order valence-corrected chi connectivity index (χ1v) is 11.9. The third-order valence-corrected chi connectivity index (χ3v) is 5.85. The van der Waals surface area contributed by atoms with E-state index in [1.54, 1.807) is 0 Å². The molecular weight excluding hydrogens is 318 g/mol. The molecule has 0 aromatic rings. The molecule has 1 saturated heterocycles. The highest BCUT2D eigenvalue weighted by Crippen LogP contribution is 2.09. The van der Waals surface area contributed by atoms with Gasteiger partial charge in [-0.3, -0.25) is 0 Å². The van der Waals surface area contributed by atoms with Gasteiger partial charge in [-0.2, -0.15) is 0 Å². The Morgan fingerprint density at radius 3 is 1.92 bits per heavy atom. The second-order valence-electron chi connectivity index (χ2n) is 8.49. The fraction of sp³-hybridized carbons (Fsp3) is 1.00. The molecule has 0 radical (unpaired) electrons. The molecule has 0 aromatic carbocycles. The lowest BCUT2D eigenvalue weighted by Gasteiger charge is -2.28.